The van der Waals surface area contributed by atoms with Crippen LogP contribution < -0.4 is 0 Å². The highest BCUT2D eigenvalue weighted by atomic mass is 28.4. The Labute approximate surface area is 104 Å². The summed E-state index contributed by atoms with van der Waals surface area (Å²) in [4.78, 5) is 1.61. The molecule has 0 aromatic rings. The number of hydrogen-bond donors (Lipinski definition) is 1. The summed E-state index contributed by atoms with van der Waals surface area (Å²) in [6.45, 7) is 21.0. The van der Waals surface area contributed by atoms with Crippen LogP contribution in [0.1, 0.15) is 27.7 Å². The first kappa shape index (κ1) is 16.1. The smallest absolute Gasteiger partial charge is 0.0762 e. The van der Waals surface area contributed by atoms with Crippen molar-refractivity contribution in [1.82, 2.24) is 0 Å². The maximum absolute atomic E-state index is 9.68. The first-order valence-electron chi connectivity index (χ1n) is 6.21. The van der Waals surface area contributed by atoms with E-state index in [1.807, 2.05) is 6.92 Å². The summed E-state index contributed by atoms with van der Waals surface area (Å²) in [7, 11) is -2.80. The Hall–Kier alpha value is 0.134. The summed E-state index contributed by atoms with van der Waals surface area (Å²) in [6, 6.07) is 0. The minimum absolute atomic E-state index is 0.309. The van der Waals surface area contributed by atoms with Gasteiger partial charge in [0.1, 0.15) is 0 Å². The number of hydrogen-bond acceptors (Lipinski definition) is 1. The molecule has 0 aromatic carbocycles. The van der Waals surface area contributed by atoms with Crippen molar-refractivity contribution in [3.05, 3.63) is 10.9 Å². The highest BCUT2D eigenvalue weighted by Gasteiger charge is 2.43. The van der Waals surface area contributed by atoms with Gasteiger partial charge in [0, 0.05) is 0 Å². The molecule has 0 bridgehead atoms. The van der Waals surface area contributed by atoms with Crippen molar-refractivity contribution in [2.45, 2.75) is 71.6 Å². The van der Waals surface area contributed by atoms with Crippen LogP contribution in [0.25, 0.3) is 0 Å². The molecule has 1 unspecified atom stereocenters. The lowest BCUT2D eigenvalue weighted by Crippen LogP contribution is -2.48. The summed E-state index contributed by atoms with van der Waals surface area (Å²) in [5.41, 5.74) is 0. The average molecular weight is 259 g/mol. The molecule has 0 radical (unpaired) electrons. The SMILES string of the molecule is CC(O)/C=C(\[Si](C)(C)C)[Si](C)(C)C(C)(C)C. The lowest BCUT2D eigenvalue weighted by Gasteiger charge is -2.44. The zero-order valence-corrected chi connectivity index (χ0v) is 14.6. The zero-order valence-electron chi connectivity index (χ0n) is 12.6. The Bertz CT molecular complexity index is 265. The van der Waals surface area contributed by atoms with Crippen molar-refractivity contribution < 1.29 is 5.11 Å². The van der Waals surface area contributed by atoms with Gasteiger partial charge in [-0.1, -0.05) is 64.4 Å². The van der Waals surface area contributed by atoms with E-state index in [0.717, 1.165) is 0 Å². The van der Waals surface area contributed by atoms with E-state index in [-0.39, 0.29) is 6.10 Å². The van der Waals surface area contributed by atoms with Crippen LogP contribution >= 0.6 is 0 Å². The molecule has 0 aromatic heterocycles. The second kappa shape index (κ2) is 4.79. The van der Waals surface area contributed by atoms with Gasteiger partial charge in [0.15, 0.2) is 0 Å². The van der Waals surface area contributed by atoms with Crippen LogP contribution in [0, 0.1) is 0 Å². The summed E-state index contributed by atoms with van der Waals surface area (Å²) < 4.78 is 0. The van der Waals surface area contributed by atoms with Crippen molar-refractivity contribution in [2.75, 3.05) is 0 Å². The Morgan fingerprint density at radius 3 is 1.62 bits per heavy atom. The Morgan fingerprint density at radius 2 is 1.44 bits per heavy atom. The van der Waals surface area contributed by atoms with Crippen LogP contribution in [-0.4, -0.2) is 27.4 Å². The second-order valence-electron chi connectivity index (χ2n) is 7.45. The Kier molecular flexibility index (Phi) is 4.83. The molecule has 1 atom stereocenters. The highest BCUT2D eigenvalue weighted by Crippen LogP contribution is 2.43. The number of aliphatic hydroxyl groups is 1. The van der Waals surface area contributed by atoms with Crippen LogP contribution in [-0.2, 0) is 0 Å². The molecular weight excluding hydrogens is 228 g/mol. The molecule has 0 heterocycles. The molecule has 0 fully saturated rings. The fourth-order valence-corrected chi connectivity index (χ4v) is 12.9. The van der Waals surface area contributed by atoms with Gasteiger partial charge in [0.05, 0.1) is 22.3 Å². The monoisotopic (exact) mass is 258 g/mol. The van der Waals surface area contributed by atoms with E-state index in [2.05, 4.69) is 59.6 Å². The third-order valence-electron chi connectivity index (χ3n) is 3.76. The van der Waals surface area contributed by atoms with Crippen LogP contribution in [0.2, 0.25) is 37.8 Å². The molecule has 0 saturated carbocycles. The lowest BCUT2D eigenvalue weighted by molar-refractivity contribution is 0.244. The quantitative estimate of drug-likeness (QED) is 0.752. The van der Waals surface area contributed by atoms with E-state index in [0.29, 0.717) is 5.04 Å². The molecule has 0 rings (SSSR count). The van der Waals surface area contributed by atoms with Gasteiger partial charge in [-0.05, 0) is 12.0 Å². The normalized spacial score (nSPS) is 17.5. The molecule has 16 heavy (non-hydrogen) atoms. The summed E-state index contributed by atoms with van der Waals surface area (Å²) in [5, 5.41) is 10.0. The van der Waals surface area contributed by atoms with Gasteiger partial charge in [-0.25, -0.2) is 0 Å². The van der Waals surface area contributed by atoms with Crippen molar-refractivity contribution in [3.8, 4) is 0 Å². The second-order valence-corrected chi connectivity index (χ2v) is 18.3. The van der Waals surface area contributed by atoms with E-state index >= 15 is 0 Å². The molecule has 0 aliphatic carbocycles. The van der Waals surface area contributed by atoms with E-state index in [4.69, 9.17) is 0 Å². The first-order valence-corrected chi connectivity index (χ1v) is 12.7. The number of rotatable bonds is 3. The summed E-state index contributed by atoms with van der Waals surface area (Å²) in [5.74, 6) is 0. The standard InChI is InChI=1S/C13H30OSi2/c1-11(14)10-12(15(5,6)7)16(8,9)13(2,3)4/h10-11,14H,1-9H3/b12-10+. The Morgan fingerprint density at radius 1 is 1.06 bits per heavy atom. The van der Waals surface area contributed by atoms with E-state index in [1.54, 1.807) is 4.82 Å². The molecule has 96 valence electrons. The van der Waals surface area contributed by atoms with Gasteiger partial charge < -0.3 is 5.11 Å². The van der Waals surface area contributed by atoms with Gasteiger partial charge in [0.2, 0.25) is 0 Å². The predicted molar refractivity (Wildman–Crippen MR) is 80.3 cm³/mol. The largest absolute Gasteiger partial charge is 0.389 e. The fraction of sp³-hybridized carbons (Fsp3) is 0.846. The predicted octanol–water partition coefficient (Wildman–Crippen LogP) is 4.22. The molecular formula is C13H30OSi2. The number of aliphatic hydroxyl groups excluding tert-OH is 1. The van der Waals surface area contributed by atoms with E-state index in [1.165, 1.54) is 0 Å². The third-order valence-corrected chi connectivity index (χ3v) is 14.9. The minimum Gasteiger partial charge on any atom is -0.389 e. The summed E-state index contributed by atoms with van der Waals surface area (Å²) in [6.07, 6.45) is 1.83. The minimum atomic E-state index is -1.47. The first-order chi connectivity index (χ1) is 6.80. The molecule has 0 amide bonds. The lowest BCUT2D eigenvalue weighted by atomic mass is 10.2. The molecule has 0 saturated heterocycles. The van der Waals surface area contributed by atoms with Crippen molar-refractivity contribution >= 4 is 16.1 Å². The van der Waals surface area contributed by atoms with Crippen LogP contribution in [0.4, 0.5) is 0 Å². The third kappa shape index (κ3) is 3.86. The topological polar surface area (TPSA) is 20.2 Å². The van der Waals surface area contributed by atoms with Crippen LogP contribution in [0.5, 0.6) is 0 Å². The maximum atomic E-state index is 9.68. The highest BCUT2D eigenvalue weighted by molar-refractivity contribution is 7.06. The van der Waals surface area contributed by atoms with Gasteiger partial charge >= 0.3 is 0 Å². The van der Waals surface area contributed by atoms with E-state index < -0.39 is 16.1 Å². The van der Waals surface area contributed by atoms with Crippen molar-refractivity contribution in [1.29, 1.82) is 0 Å². The molecule has 0 spiro atoms. The van der Waals surface area contributed by atoms with Crippen molar-refractivity contribution in [3.63, 3.8) is 0 Å². The molecule has 3 heteroatoms. The van der Waals surface area contributed by atoms with Crippen molar-refractivity contribution in [2.24, 2.45) is 0 Å². The molecule has 0 aliphatic heterocycles. The molecule has 1 N–H and O–H groups in total. The van der Waals surface area contributed by atoms with Gasteiger partial charge in [0.25, 0.3) is 0 Å². The molecule has 0 aliphatic rings. The van der Waals surface area contributed by atoms with Crippen LogP contribution in [0.15, 0.2) is 10.9 Å². The average Bonchev–Trinajstić information content (AvgIpc) is 1.95. The molecule has 1 nitrogen and oxygen atoms in total. The Balaban J connectivity index is 5.56. The van der Waals surface area contributed by atoms with Gasteiger partial charge in [-0.15, -0.1) is 0 Å². The summed E-state index contributed by atoms with van der Waals surface area (Å²) >= 11 is 0. The maximum Gasteiger partial charge on any atom is 0.0762 e. The van der Waals surface area contributed by atoms with Gasteiger partial charge in [-0.3, -0.25) is 0 Å². The zero-order chi connectivity index (χ0) is 13.4. The van der Waals surface area contributed by atoms with E-state index in [9.17, 15) is 5.11 Å². The van der Waals surface area contributed by atoms with Crippen LogP contribution in [0.3, 0.4) is 0 Å². The fourth-order valence-electron chi connectivity index (χ4n) is 2.04. The van der Waals surface area contributed by atoms with Gasteiger partial charge in [-0.2, -0.15) is 0 Å².